The Balaban J connectivity index is 2.83. The molecule has 2 nitrogen and oxygen atoms in total. The number of imidazole rings is 1. The van der Waals surface area contributed by atoms with E-state index in [9.17, 15) is 4.39 Å². The second-order valence-electron chi connectivity index (χ2n) is 2.31. The van der Waals surface area contributed by atoms with Crippen molar-refractivity contribution >= 4 is 0 Å². The van der Waals surface area contributed by atoms with Gasteiger partial charge in [0.2, 0.25) is 5.95 Å². The Morgan fingerprint density at radius 3 is 2.80 bits per heavy atom. The Morgan fingerprint density at radius 1 is 1.70 bits per heavy atom. The van der Waals surface area contributed by atoms with Crippen molar-refractivity contribution in [3.8, 4) is 0 Å². The van der Waals surface area contributed by atoms with Crippen LogP contribution < -0.4 is 0 Å². The van der Waals surface area contributed by atoms with Gasteiger partial charge >= 0.3 is 0 Å². The van der Waals surface area contributed by atoms with Crippen LogP contribution in [0.25, 0.3) is 0 Å². The minimum absolute atomic E-state index is 0.353. The SMILES string of the molecule is CCCn1cnc(F)c1C. The highest BCUT2D eigenvalue weighted by Crippen LogP contribution is 2.03. The standard InChI is InChI=1S/C7H11FN2/c1-3-4-10-5-9-7(8)6(10)2/h5H,3-4H2,1-2H3. The van der Waals surface area contributed by atoms with Gasteiger partial charge in [0.05, 0.1) is 12.0 Å². The van der Waals surface area contributed by atoms with Crippen LogP contribution in [0.1, 0.15) is 19.0 Å². The average molecular weight is 142 g/mol. The zero-order valence-corrected chi connectivity index (χ0v) is 6.26. The van der Waals surface area contributed by atoms with Crippen molar-refractivity contribution in [2.75, 3.05) is 0 Å². The van der Waals surface area contributed by atoms with E-state index in [0.717, 1.165) is 13.0 Å². The third kappa shape index (κ3) is 1.17. The molecular formula is C7H11FN2. The second kappa shape index (κ2) is 2.82. The van der Waals surface area contributed by atoms with Crippen LogP contribution in [0, 0.1) is 12.9 Å². The molecule has 56 valence electrons. The van der Waals surface area contributed by atoms with Crippen molar-refractivity contribution < 1.29 is 4.39 Å². The maximum absolute atomic E-state index is 12.5. The van der Waals surface area contributed by atoms with Gasteiger partial charge in [-0.2, -0.15) is 4.39 Å². The topological polar surface area (TPSA) is 17.8 Å². The lowest BCUT2D eigenvalue weighted by Gasteiger charge is -1.99. The van der Waals surface area contributed by atoms with E-state index < -0.39 is 0 Å². The molecule has 0 amide bonds. The number of rotatable bonds is 2. The zero-order valence-electron chi connectivity index (χ0n) is 6.26. The summed E-state index contributed by atoms with van der Waals surface area (Å²) < 4.78 is 14.3. The third-order valence-corrected chi connectivity index (χ3v) is 1.50. The molecule has 0 aliphatic heterocycles. The highest BCUT2D eigenvalue weighted by Gasteiger charge is 2.02. The van der Waals surface area contributed by atoms with Gasteiger partial charge in [-0.1, -0.05) is 6.92 Å². The molecule has 0 radical (unpaired) electrons. The van der Waals surface area contributed by atoms with E-state index in [0.29, 0.717) is 5.69 Å². The molecule has 0 bridgehead atoms. The highest BCUT2D eigenvalue weighted by atomic mass is 19.1. The quantitative estimate of drug-likeness (QED) is 0.615. The van der Waals surface area contributed by atoms with Crippen molar-refractivity contribution in [3.63, 3.8) is 0 Å². The summed E-state index contributed by atoms with van der Waals surface area (Å²) in [5, 5.41) is 0. The maximum Gasteiger partial charge on any atom is 0.233 e. The van der Waals surface area contributed by atoms with Crippen LogP contribution in [0.3, 0.4) is 0 Å². The Hall–Kier alpha value is -0.860. The first-order valence-electron chi connectivity index (χ1n) is 3.43. The minimum Gasteiger partial charge on any atom is -0.332 e. The Kier molecular flexibility index (Phi) is 2.04. The summed E-state index contributed by atoms with van der Waals surface area (Å²) in [4.78, 5) is 3.53. The molecule has 0 saturated heterocycles. The van der Waals surface area contributed by atoms with Gasteiger partial charge in [0.25, 0.3) is 0 Å². The lowest BCUT2D eigenvalue weighted by atomic mass is 10.4. The Morgan fingerprint density at radius 2 is 2.40 bits per heavy atom. The molecule has 0 aromatic carbocycles. The number of aryl methyl sites for hydroxylation is 1. The molecule has 0 unspecified atom stereocenters. The van der Waals surface area contributed by atoms with Crippen molar-refractivity contribution in [2.24, 2.45) is 0 Å². The third-order valence-electron chi connectivity index (χ3n) is 1.50. The fourth-order valence-corrected chi connectivity index (χ4v) is 0.885. The summed E-state index contributed by atoms with van der Waals surface area (Å²) in [7, 11) is 0. The molecule has 1 aromatic rings. The molecule has 0 aliphatic rings. The van der Waals surface area contributed by atoms with E-state index in [4.69, 9.17) is 0 Å². The predicted octanol–water partition coefficient (Wildman–Crippen LogP) is 1.74. The van der Waals surface area contributed by atoms with Crippen molar-refractivity contribution in [1.29, 1.82) is 0 Å². The van der Waals surface area contributed by atoms with Gasteiger partial charge in [-0.05, 0) is 13.3 Å². The summed E-state index contributed by atoms with van der Waals surface area (Å²) in [6.45, 7) is 4.64. The van der Waals surface area contributed by atoms with Gasteiger partial charge in [0.1, 0.15) is 0 Å². The number of aromatic nitrogens is 2. The van der Waals surface area contributed by atoms with Gasteiger partial charge in [0.15, 0.2) is 0 Å². The molecule has 1 aromatic heterocycles. The molecule has 1 rings (SSSR count). The minimum atomic E-state index is -0.353. The fraction of sp³-hybridized carbons (Fsp3) is 0.571. The van der Waals surface area contributed by atoms with Crippen LogP contribution in [0.4, 0.5) is 4.39 Å². The first-order valence-corrected chi connectivity index (χ1v) is 3.43. The summed E-state index contributed by atoms with van der Waals surface area (Å²) >= 11 is 0. The zero-order chi connectivity index (χ0) is 7.56. The van der Waals surface area contributed by atoms with Crippen molar-refractivity contribution in [2.45, 2.75) is 26.8 Å². The highest BCUT2D eigenvalue weighted by molar-refractivity contribution is 4.97. The van der Waals surface area contributed by atoms with Crippen molar-refractivity contribution in [1.82, 2.24) is 9.55 Å². The van der Waals surface area contributed by atoms with Crippen LogP contribution in [0.15, 0.2) is 6.33 Å². The smallest absolute Gasteiger partial charge is 0.233 e. The van der Waals surface area contributed by atoms with Crippen molar-refractivity contribution in [3.05, 3.63) is 18.0 Å². The largest absolute Gasteiger partial charge is 0.332 e. The predicted molar refractivity (Wildman–Crippen MR) is 37.2 cm³/mol. The van der Waals surface area contributed by atoms with E-state index in [1.165, 1.54) is 6.33 Å². The summed E-state index contributed by atoms with van der Waals surface area (Å²) in [6, 6.07) is 0. The number of nitrogens with zero attached hydrogens (tertiary/aromatic N) is 2. The van der Waals surface area contributed by atoms with Crippen LogP contribution >= 0.6 is 0 Å². The number of hydrogen-bond donors (Lipinski definition) is 0. The first-order chi connectivity index (χ1) is 4.75. The number of halogens is 1. The second-order valence-corrected chi connectivity index (χ2v) is 2.31. The van der Waals surface area contributed by atoms with Crippen LogP contribution in [0.2, 0.25) is 0 Å². The molecule has 3 heteroatoms. The van der Waals surface area contributed by atoms with Gasteiger partial charge in [-0.25, -0.2) is 4.98 Å². The van der Waals surface area contributed by atoms with Gasteiger partial charge in [-0.15, -0.1) is 0 Å². The Bertz CT molecular complexity index is 217. The molecule has 0 fully saturated rings. The lowest BCUT2D eigenvalue weighted by Crippen LogP contribution is -1.97. The molecule has 1 heterocycles. The molecule has 10 heavy (non-hydrogen) atoms. The fourth-order valence-electron chi connectivity index (χ4n) is 0.885. The van der Waals surface area contributed by atoms with Crippen LogP contribution in [-0.2, 0) is 6.54 Å². The first kappa shape index (κ1) is 7.25. The number of hydrogen-bond acceptors (Lipinski definition) is 1. The molecule has 0 N–H and O–H groups in total. The van der Waals surface area contributed by atoms with Crippen LogP contribution in [0.5, 0.6) is 0 Å². The van der Waals surface area contributed by atoms with E-state index in [1.807, 2.05) is 4.57 Å². The summed E-state index contributed by atoms with van der Waals surface area (Å²) in [6.07, 6.45) is 2.55. The van der Waals surface area contributed by atoms with Crippen LogP contribution in [-0.4, -0.2) is 9.55 Å². The molecule has 0 saturated carbocycles. The summed E-state index contributed by atoms with van der Waals surface area (Å²) in [5.41, 5.74) is 0.627. The lowest BCUT2D eigenvalue weighted by molar-refractivity contribution is 0.570. The Labute approximate surface area is 59.7 Å². The molecular weight excluding hydrogens is 131 g/mol. The molecule has 0 atom stereocenters. The normalized spacial score (nSPS) is 10.3. The van der Waals surface area contributed by atoms with E-state index in [2.05, 4.69) is 11.9 Å². The monoisotopic (exact) mass is 142 g/mol. The van der Waals surface area contributed by atoms with E-state index in [-0.39, 0.29) is 5.95 Å². The maximum atomic E-state index is 12.5. The molecule has 0 spiro atoms. The molecule has 0 aliphatic carbocycles. The van der Waals surface area contributed by atoms with Gasteiger partial charge in [-0.3, -0.25) is 0 Å². The van der Waals surface area contributed by atoms with E-state index >= 15 is 0 Å². The van der Waals surface area contributed by atoms with Gasteiger partial charge in [0, 0.05) is 6.54 Å². The summed E-state index contributed by atoms with van der Waals surface area (Å²) in [5.74, 6) is -0.353. The van der Waals surface area contributed by atoms with E-state index in [1.54, 1.807) is 6.92 Å². The van der Waals surface area contributed by atoms with Gasteiger partial charge < -0.3 is 4.57 Å². The average Bonchev–Trinajstić information content (AvgIpc) is 2.20.